The van der Waals surface area contributed by atoms with Crippen LogP contribution in [0.1, 0.15) is 0 Å². The fraction of sp³-hybridized carbons (Fsp3) is 0. The molecular formula is C21H15NO2. The Morgan fingerprint density at radius 1 is 0.750 bits per heavy atom. The highest BCUT2D eigenvalue weighted by Gasteiger charge is 2.12. The van der Waals surface area contributed by atoms with Crippen LogP contribution in [0, 0.1) is 0 Å². The summed E-state index contributed by atoms with van der Waals surface area (Å²) < 4.78 is 1.72. The number of nitrogens with zero attached hydrogens (tertiary/aromatic N) is 1. The van der Waals surface area contributed by atoms with Crippen LogP contribution in [0.5, 0.6) is 5.75 Å². The molecule has 0 saturated carbocycles. The zero-order valence-electron chi connectivity index (χ0n) is 12.9. The Labute approximate surface area is 139 Å². The number of rotatable bonds is 2. The lowest BCUT2D eigenvalue weighted by molar-refractivity contribution is 0.475. The minimum atomic E-state index is -0.0534. The molecule has 0 radical (unpaired) electrons. The van der Waals surface area contributed by atoms with Crippen molar-refractivity contribution < 1.29 is 5.11 Å². The van der Waals surface area contributed by atoms with E-state index in [9.17, 15) is 9.90 Å². The molecule has 0 aliphatic rings. The summed E-state index contributed by atoms with van der Waals surface area (Å²) in [5.74, 6) is 0.202. The molecule has 1 aromatic heterocycles. The summed E-state index contributed by atoms with van der Waals surface area (Å²) in [4.78, 5) is 13.1. The van der Waals surface area contributed by atoms with Crippen molar-refractivity contribution in [2.24, 2.45) is 0 Å². The third kappa shape index (κ3) is 2.36. The number of phenolic OH excluding ortho intramolecular Hbond substituents is 1. The van der Waals surface area contributed by atoms with Gasteiger partial charge in [0.2, 0.25) is 0 Å². The summed E-state index contributed by atoms with van der Waals surface area (Å²) >= 11 is 0. The molecule has 0 fully saturated rings. The van der Waals surface area contributed by atoms with Crippen LogP contribution >= 0.6 is 0 Å². The Morgan fingerprint density at radius 3 is 2.17 bits per heavy atom. The lowest BCUT2D eigenvalue weighted by Crippen LogP contribution is -2.20. The Balaban J connectivity index is 2.11. The second-order valence-electron chi connectivity index (χ2n) is 5.64. The fourth-order valence-corrected chi connectivity index (χ4v) is 2.94. The predicted molar refractivity (Wildman–Crippen MR) is 96.6 cm³/mol. The Bertz CT molecular complexity index is 1060. The molecular weight excluding hydrogens is 298 g/mol. The van der Waals surface area contributed by atoms with E-state index >= 15 is 0 Å². The van der Waals surface area contributed by atoms with Crippen LogP contribution in [0.25, 0.3) is 27.7 Å². The van der Waals surface area contributed by atoms with E-state index in [1.165, 1.54) is 0 Å². The van der Waals surface area contributed by atoms with Crippen molar-refractivity contribution in [2.75, 3.05) is 0 Å². The van der Waals surface area contributed by atoms with Crippen molar-refractivity contribution in [3.05, 3.63) is 95.3 Å². The van der Waals surface area contributed by atoms with Crippen LogP contribution in [-0.2, 0) is 0 Å². The quantitative estimate of drug-likeness (QED) is 0.597. The molecule has 116 valence electrons. The number of pyridine rings is 1. The van der Waals surface area contributed by atoms with Gasteiger partial charge in [0.15, 0.2) is 0 Å². The Kier molecular flexibility index (Phi) is 3.39. The molecule has 24 heavy (non-hydrogen) atoms. The van der Waals surface area contributed by atoms with Gasteiger partial charge in [-0.05, 0) is 59.5 Å². The predicted octanol–water partition coefficient (Wildman–Crippen LogP) is 4.36. The summed E-state index contributed by atoms with van der Waals surface area (Å²) in [6.07, 6.45) is 0. The third-order valence-electron chi connectivity index (χ3n) is 4.10. The van der Waals surface area contributed by atoms with Crippen molar-refractivity contribution in [3.63, 3.8) is 0 Å². The molecule has 0 atom stereocenters. The fourth-order valence-electron chi connectivity index (χ4n) is 2.94. The molecule has 3 aromatic carbocycles. The van der Waals surface area contributed by atoms with Gasteiger partial charge in [0, 0.05) is 11.1 Å². The summed E-state index contributed by atoms with van der Waals surface area (Å²) in [5.41, 5.74) is 2.43. The van der Waals surface area contributed by atoms with Crippen LogP contribution in [0.3, 0.4) is 0 Å². The summed E-state index contributed by atoms with van der Waals surface area (Å²) in [7, 11) is 0. The molecule has 4 rings (SSSR count). The average molecular weight is 313 g/mol. The van der Waals surface area contributed by atoms with Gasteiger partial charge in [-0.3, -0.25) is 9.36 Å². The van der Waals surface area contributed by atoms with E-state index in [4.69, 9.17) is 0 Å². The highest BCUT2D eigenvalue weighted by Crippen LogP contribution is 2.26. The number of para-hydroxylation sites is 1. The van der Waals surface area contributed by atoms with Crippen LogP contribution in [0.15, 0.2) is 89.7 Å². The van der Waals surface area contributed by atoms with Crippen molar-refractivity contribution in [1.82, 2.24) is 4.57 Å². The first-order valence-corrected chi connectivity index (χ1v) is 7.74. The molecule has 0 saturated heterocycles. The summed E-state index contributed by atoms with van der Waals surface area (Å²) in [5, 5.41) is 11.1. The number of aromatic hydroxyl groups is 1. The highest BCUT2D eigenvalue weighted by atomic mass is 16.3. The minimum Gasteiger partial charge on any atom is -0.508 e. The van der Waals surface area contributed by atoms with E-state index in [1.807, 2.05) is 72.8 Å². The molecule has 0 amide bonds. The van der Waals surface area contributed by atoms with Crippen LogP contribution in [0.2, 0.25) is 0 Å². The number of benzene rings is 3. The zero-order chi connectivity index (χ0) is 16.5. The average Bonchev–Trinajstić information content (AvgIpc) is 2.63. The first-order valence-electron chi connectivity index (χ1n) is 7.74. The number of hydrogen-bond donors (Lipinski definition) is 1. The summed E-state index contributed by atoms with van der Waals surface area (Å²) in [6, 6.07) is 26.1. The SMILES string of the molecule is O=c1c2ccccc2cc(-c2ccc(O)cc2)n1-c1ccccc1. The Hall–Kier alpha value is -3.33. The second kappa shape index (κ2) is 5.70. The van der Waals surface area contributed by atoms with Gasteiger partial charge < -0.3 is 5.11 Å². The maximum absolute atomic E-state index is 13.1. The number of phenols is 1. The molecule has 0 aliphatic heterocycles. The van der Waals surface area contributed by atoms with Crippen molar-refractivity contribution in [2.45, 2.75) is 0 Å². The molecule has 3 nitrogen and oxygen atoms in total. The van der Waals surface area contributed by atoms with Gasteiger partial charge >= 0.3 is 0 Å². The van der Waals surface area contributed by atoms with E-state index in [1.54, 1.807) is 16.7 Å². The van der Waals surface area contributed by atoms with Crippen molar-refractivity contribution >= 4 is 10.8 Å². The molecule has 0 unspecified atom stereocenters. The van der Waals surface area contributed by atoms with Gasteiger partial charge in [-0.2, -0.15) is 0 Å². The number of hydrogen-bond acceptors (Lipinski definition) is 2. The van der Waals surface area contributed by atoms with E-state index in [0.717, 1.165) is 22.3 Å². The normalized spacial score (nSPS) is 10.8. The van der Waals surface area contributed by atoms with E-state index in [0.29, 0.717) is 5.39 Å². The lowest BCUT2D eigenvalue weighted by Gasteiger charge is -2.15. The van der Waals surface area contributed by atoms with E-state index in [-0.39, 0.29) is 11.3 Å². The molecule has 0 spiro atoms. The van der Waals surface area contributed by atoms with E-state index in [2.05, 4.69) is 0 Å². The monoisotopic (exact) mass is 313 g/mol. The van der Waals surface area contributed by atoms with E-state index < -0.39 is 0 Å². The van der Waals surface area contributed by atoms with Crippen molar-refractivity contribution in [1.29, 1.82) is 0 Å². The maximum atomic E-state index is 13.1. The summed E-state index contributed by atoms with van der Waals surface area (Å²) in [6.45, 7) is 0. The van der Waals surface area contributed by atoms with Crippen LogP contribution in [0.4, 0.5) is 0 Å². The highest BCUT2D eigenvalue weighted by molar-refractivity contribution is 5.86. The van der Waals surface area contributed by atoms with Gasteiger partial charge in [-0.15, -0.1) is 0 Å². The first-order chi connectivity index (χ1) is 11.7. The molecule has 1 N–H and O–H groups in total. The molecule has 0 aliphatic carbocycles. The number of aromatic nitrogens is 1. The van der Waals surface area contributed by atoms with Crippen LogP contribution in [-0.4, -0.2) is 9.67 Å². The van der Waals surface area contributed by atoms with Gasteiger partial charge in [-0.1, -0.05) is 36.4 Å². The molecule has 3 heteroatoms. The largest absolute Gasteiger partial charge is 0.508 e. The van der Waals surface area contributed by atoms with Gasteiger partial charge in [0.1, 0.15) is 5.75 Å². The lowest BCUT2D eigenvalue weighted by atomic mass is 10.1. The number of fused-ring (bicyclic) bond motifs is 1. The topological polar surface area (TPSA) is 42.2 Å². The van der Waals surface area contributed by atoms with Gasteiger partial charge in [-0.25, -0.2) is 0 Å². The van der Waals surface area contributed by atoms with Crippen LogP contribution < -0.4 is 5.56 Å². The second-order valence-corrected chi connectivity index (χ2v) is 5.64. The minimum absolute atomic E-state index is 0.0534. The molecule has 0 bridgehead atoms. The third-order valence-corrected chi connectivity index (χ3v) is 4.10. The molecule has 1 heterocycles. The molecule has 4 aromatic rings. The van der Waals surface area contributed by atoms with Gasteiger partial charge in [0.05, 0.1) is 5.69 Å². The van der Waals surface area contributed by atoms with Crippen molar-refractivity contribution in [3.8, 4) is 22.7 Å². The zero-order valence-corrected chi connectivity index (χ0v) is 12.9. The smallest absolute Gasteiger partial charge is 0.263 e. The maximum Gasteiger partial charge on any atom is 0.263 e. The van der Waals surface area contributed by atoms with Gasteiger partial charge in [0.25, 0.3) is 5.56 Å². The Morgan fingerprint density at radius 2 is 1.42 bits per heavy atom. The first kappa shape index (κ1) is 14.3. The standard InChI is InChI=1S/C21H15NO2/c23-18-12-10-15(11-13-18)20-14-16-6-4-5-9-19(16)21(24)22(20)17-7-2-1-3-8-17/h1-14,23H.